The lowest BCUT2D eigenvalue weighted by molar-refractivity contribution is -0.143. The minimum Gasteiger partial charge on any atom is -0.481 e. The first-order chi connectivity index (χ1) is 11.2. The lowest BCUT2D eigenvalue weighted by atomic mass is 9.99. The molecule has 1 heterocycles. The monoisotopic (exact) mass is 318 g/mol. The molecule has 5 heteroatoms. The normalized spacial score (nSPS) is 17.7. The highest BCUT2D eigenvalue weighted by Gasteiger charge is 2.27. The van der Waals surface area contributed by atoms with Crippen molar-refractivity contribution in [2.75, 3.05) is 19.6 Å². The van der Waals surface area contributed by atoms with Crippen molar-refractivity contribution >= 4 is 12.0 Å². The summed E-state index contributed by atoms with van der Waals surface area (Å²) < 4.78 is 0. The van der Waals surface area contributed by atoms with Gasteiger partial charge in [0, 0.05) is 19.6 Å². The van der Waals surface area contributed by atoms with Crippen molar-refractivity contribution in [1.29, 1.82) is 0 Å². The molecule has 1 aromatic carbocycles. The Labute approximate surface area is 137 Å². The smallest absolute Gasteiger partial charge is 0.317 e. The zero-order chi connectivity index (χ0) is 16.5. The number of rotatable bonds is 7. The first-order valence-corrected chi connectivity index (χ1v) is 8.46. The summed E-state index contributed by atoms with van der Waals surface area (Å²) in [5.74, 6) is -1.22. The molecule has 1 aromatic rings. The molecule has 1 fully saturated rings. The zero-order valence-electron chi connectivity index (χ0n) is 13.5. The van der Waals surface area contributed by atoms with E-state index in [1.165, 1.54) is 5.56 Å². The van der Waals surface area contributed by atoms with E-state index in [0.29, 0.717) is 26.1 Å². The van der Waals surface area contributed by atoms with Crippen molar-refractivity contribution in [3.05, 3.63) is 35.9 Å². The summed E-state index contributed by atoms with van der Waals surface area (Å²) in [5.41, 5.74) is 1.35. The van der Waals surface area contributed by atoms with Crippen LogP contribution in [0.5, 0.6) is 0 Å². The van der Waals surface area contributed by atoms with Gasteiger partial charge in [-0.2, -0.15) is 0 Å². The predicted molar refractivity (Wildman–Crippen MR) is 89.3 cm³/mol. The molecule has 0 spiro atoms. The van der Waals surface area contributed by atoms with E-state index < -0.39 is 11.9 Å². The van der Waals surface area contributed by atoms with Gasteiger partial charge in [0.25, 0.3) is 0 Å². The van der Waals surface area contributed by atoms with Crippen LogP contribution < -0.4 is 5.32 Å². The van der Waals surface area contributed by atoms with Crippen LogP contribution in [0.15, 0.2) is 30.3 Å². The Kier molecular flexibility index (Phi) is 6.91. The molecule has 1 saturated heterocycles. The molecule has 2 amide bonds. The van der Waals surface area contributed by atoms with Crippen molar-refractivity contribution in [3.63, 3.8) is 0 Å². The molecule has 1 aliphatic rings. The molecule has 5 nitrogen and oxygen atoms in total. The number of piperidine rings is 1. The maximum Gasteiger partial charge on any atom is 0.317 e. The first kappa shape index (κ1) is 17.3. The van der Waals surface area contributed by atoms with Gasteiger partial charge in [0.15, 0.2) is 0 Å². The number of carboxylic acid groups (broad SMARTS) is 1. The molecule has 0 aromatic heterocycles. The highest BCUT2D eigenvalue weighted by atomic mass is 16.4. The van der Waals surface area contributed by atoms with Crippen LogP contribution in [0, 0.1) is 5.92 Å². The van der Waals surface area contributed by atoms with Crippen molar-refractivity contribution in [2.45, 2.75) is 38.5 Å². The molecule has 1 unspecified atom stereocenters. The molecular formula is C18H26N2O3. The molecule has 0 aliphatic carbocycles. The highest BCUT2D eigenvalue weighted by molar-refractivity contribution is 5.76. The topological polar surface area (TPSA) is 69.6 Å². The number of carboxylic acids is 1. The van der Waals surface area contributed by atoms with Crippen molar-refractivity contribution in [3.8, 4) is 0 Å². The lowest BCUT2D eigenvalue weighted by Crippen LogP contribution is -2.47. The number of nitrogens with one attached hydrogen (secondary N) is 1. The Hall–Kier alpha value is -2.04. The number of aryl methyl sites for hydroxylation is 1. The van der Waals surface area contributed by atoms with E-state index in [1.54, 1.807) is 4.90 Å². The number of urea groups is 1. The minimum absolute atomic E-state index is 0.126. The fourth-order valence-electron chi connectivity index (χ4n) is 2.95. The summed E-state index contributed by atoms with van der Waals surface area (Å²) in [7, 11) is 0. The van der Waals surface area contributed by atoms with Gasteiger partial charge in [-0.1, -0.05) is 36.8 Å². The van der Waals surface area contributed by atoms with E-state index in [4.69, 9.17) is 5.11 Å². The summed E-state index contributed by atoms with van der Waals surface area (Å²) >= 11 is 0. The Bertz CT molecular complexity index is 504. The summed E-state index contributed by atoms with van der Waals surface area (Å²) in [6, 6.07) is 10.3. The number of unbranched alkanes of at least 4 members (excludes halogenated alkanes) is 2. The van der Waals surface area contributed by atoms with Crippen LogP contribution in [0.4, 0.5) is 4.79 Å². The van der Waals surface area contributed by atoms with E-state index in [1.807, 2.05) is 6.07 Å². The number of hydrogen-bond acceptors (Lipinski definition) is 2. The second-order valence-electron chi connectivity index (χ2n) is 6.15. The van der Waals surface area contributed by atoms with E-state index in [9.17, 15) is 9.59 Å². The Morgan fingerprint density at radius 3 is 2.70 bits per heavy atom. The summed E-state index contributed by atoms with van der Waals surface area (Å²) in [6.45, 7) is 1.64. The Morgan fingerprint density at radius 2 is 1.96 bits per heavy atom. The number of carbonyl (C=O) groups is 2. The molecule has 2 N–H and O–H groups in total. The van der Waals surface area contributed by atoms with Gasteiger partial charge in [-0.15, -0.1) is 0 Å². The van der Waals surface area contributed by atoms with Gasteiger partial charge in [-0.05, 0) is 37.7 Å². The summed E-state index contributed by atoms with van der Waals surface area (Å²) in [5, 5.41) is 12.0. The third kappa shape index (κ3) is 5.93. The number of carbonyl (C=O) groups excluding carboxylic acids is 1. The van der Waals surface area contributed by atoms with E-state index >= 15 is 0 Å². The van der Waals surface area contributed by atoms with Gasteiger partial charge in [-0.25, -0.2) is 4.79 Å². The van der Waals surface area contributed by atoms with E-state index in [-0.39, 0.29) is 6.03 Å². The molecule has 1 atom stereocenters. The van der Waals surface area contributed by atoms with Crippen LogP contribution in [-0.2, 0) is 11.2 Å². The fraction of sp³-hybridized carbons (Fsp3) is 0.556. The second kappa shape index (κ2) is 9.18. The van der Waals surface area contributed by atoms with Gasteiger partial charge in [0.1, 0.15) is 0 Å². The first-order valence-electron chi connectivity index (χ1n) is 8.46. The zero-order valence-corrected chi connectivity index (χ0v) is 13.5. The third-order valence-corrected chi connectivity index (χ3v) is 4.32. The molecule has 0 saturated carbocycles. The molecule has 126 valence electrons. The van der Waals surface area contributed by atoms with Gasteiger partial charge in [0.2, 0.25) is 0 Å². The van der Waals surface area contributed by atoms with Crippen molar-refractivity contribution in [2.24, 2.45) is 5.92 Å². The minimum atomic E-state index is -0.802. The van der Waals surface area contributed by atoms with Crippen molar-refractivity contribution in [1.82, 2.24) is 10.2 Å². The number of nitrogens with zero attached hydrogens (tertiary/aromatic N) is 1. The second-order valence-corrected chi connectivity index (χ2v) is 6.15. The molecule has 0 radical (unpaired) electrons. The maximum atomic E-state index is 12.0. The van der Waals surface area contributed by atoms with E-state index in [0.717, 1.165) is 32.1 Å². The molecule has 0 bridgehead atoms. The number of aliphatic carboxylic acids is 1. The van der Waals surface area contributed by atoms with Gasteiger partial charge >= 0.3 is 12.0 Å². The Morgan fingerprint density at radius 1 is 1.17 bits per heavy atom. The number of amides is 2. The lowest BCUT2D eigenvalue weighted by Gasteiger charge is -2.30. The molecular weight excluding hydrogens is 292 g/mol. The van der Waals surface area contributed by atoms with Crippen molar-refractivity contribution < 1.29 is 14.7 Å². The Balaban J connectivity index is 1.57. The number of likely N-dealkylation sites (tertiary alicyclic amines) is 1. The van der Waals surface area contributed by atoms with Gasteiger partial charge < -0.3 is 15.3 Å². The average Bonchev–Trinajstić information content (AvgIpc) is 2.58. The quantitative estimate of drug-likeness (QED) is 0.760. The SMILES string of the molecule is O=C(O)C1CCCN(C(=O)NCCCCCc2ccccc2)C1. The van der Waals surface area contributed by atoms with Crippen LogP contribution >= 0.6 is 0 Å². The maximum absolute atomic E-state index is 12.0. The predicted octanol–water partition coefficient (Wildman–Crippen LogP) is 2.91. The van der Waals surface area contributed by atoms with Crippen LogP contribution in [0.3, 0.4) is 0 Å². The van der Waals surface area contributed by atoms with Crippen LogP contribution in [0.25, 0.3) is 0 Å². The third-order valence-electron chi connectivity index (χ3n) is 4.32. The number of hydrogen-bond donors (Lipinski definition) is 2. The molecule has 1 aliphatic heterocycles. The van der Waals surface area contributed by atoms with Gasteiger partial charge in [-0.3, -0.25) is 4.79 Å². The largest absolute Gasteiger partial charge is 0.481 e. The average molecular weight is 318 g/mol. The summed E-state index contributed by atoms with van der Waals surface area (Å²) in [4.78, 5) is 24.7. The van der Waals surface area contributed by atoms with Crippen LogP contribution in [0.2, 0.25) is 0 Å². The standard InChI is InChI=1S/C18H26N2O3/c21-17(22)16-11-7-13-20(14-16)18(23)19-12-6-2-5-10-15-8-3-1-4-9-15/h1,3-4,8-9,16H,2,5-7,10-14H2,(H,19,23)(H,21,22). The fourth-order valence-corrected chi connectivity index (χ4v) is 2.95. The van der Waals surface area contributed by atoms with Crippen LogP contribution in [0.1, 0.15) is 37.7 Å². The number of benzene rings is 1. The molecule has 2 rings (SSSR count). The highest BCUT2D eigenvalue weighted by Crippen LogP contribution is 2.16. The van der Waals surface area contributed by atoms with Crippen LogP contribution in [-0.4, -0.2) is 41.6 Å². The van der Waals surface area contributed by atoms with E-state index in [2.05, 4.69) is 29.6 Å². The van der Waals surface area contributed by atoms with Gasteiger partial charge in [0.05, 0.1) is 5.92 Å². The summed E-state index contributed by atoms with van der Waals surface area (Å²) in [6.07, 6.45) is 5.65. The molecule has 23 heavy (non-hydrogen) atoms.